The maximum Gasteiger partial charge on any atom is 0.459 e. The van der Waals surface area contributed by atoms with Crippen LogP contribution < -0.4 is 20.2 Å². The first-order valence-corrected chi connectivity index (χ1v) is 14.1. The lowest BCUT2D eigenvalue weighted by atomic mass is 9.99. The monoisotopic (exact) mass is 601 g/mol. The van der Waals surface area contributed by atoms with Gasteiger partial charge in [0.25, 0.3) is 0 Å². The lowest BCUT2D eigenvalue weighted by Gasteiger charge is -2.31. The molecule has 1 fully saturated rings. The summed E-state index contributed by atoms with van der Waals surface area (Å²) in [6.07, 6.45) is -4.04. The molecule has 1 aliphatic rings. The van der Waals surface area contributed by atoms with Gasteiger partial charge in [0, 0.05) is 14.1 Å². The fraction of sp³-hybridized carbons (Fsp3) is 0.478. The van der Waals surface area contributed by atoms with Crippen LogP contribution in [0.2, 0.25) is 0 Å². The summed E-state index contributed by atoms with van der Waals surface area (Å²) >= 11 is 6.20. The number of carbonyl (C=O) groups excluding carboxylic acids is 1. The van der Waals surface area contributed by atoms with Gasteiger partial charge < -0.3 is 29.7 Å². The van der Waals surface area contributed by atoms with Crippen LogP contribution in [0.1, 0.15) is 13.2 Å². The van der Waals surface area contributed by atoms with Gasteiger partial charge in [-0.05, 0) is 19.1 Å². The zero-order chi connectivity index (χ0) is 29.2. The Morgan fingerprint density at radius 2 is 2.08 bits per heavy atom. The number of nitrogen functional groups attached to an aromatic ring is 1. The van der Waals surface area contributed by atoms with Crippen LogP contribution in [0.5, 0.6) is 5.75 Å². The predicted octanol–water partition coefficient (Wildman–Crippen LogP) is 2.03. The average Bonchev–Trinajstić information content (AvgIpc) is 3.45. The van der Waals surface area contributed by atoms with Crippen molar-refractivity contribution in [2.75, 3.05) is 44.3 Å². The number of nitrogens with two attached hydrogens (primary N) is 1. The maximum absolute atomic E-state index is 15.6. The molecule has 6 atom stereocenters. The molecule has 218 valence electrons. The smallest absolute Gasteiger partial charge is 0.459 e. The van der Waals surface area contributed by atoms with E-state index in [-0.39, 0.29) is 17.3 Å². The van der Waals surface area contributed by atoms with Crippen LogP contribution in [0.4, 0.5) is 16.2 Å². The Balaban J connectivity index is 1.63. The van der Waals surface area contributed by atoms with Crippen molar-refractivity contribution in [2.24, 2.45) is 0 Å². The third-order valence-electron chi connectivity index (χ3n) is 6.17. The van der Waals surface area contributed by atoms with E-state index >= 15 is 4.39 Å². The van der Waals surface area contributed by atoms with Crippen molar-refractivity contribution in [2.45, 2.75) is 37.1 Å². The number of para-hydroxylation sites is 1. The van der Waals surface area contributed by atoms with Gasteiger partial charge in [-0.15, -0.1) is 11.6 Å². The first kappa shape index (κ1) is 29.9. The molecule has 17 heteroatoms. The molecule has 40 heavy (non-hydrogen) atoms. The van der Waals surface area contributed by atoms with Crippen molar-refractivity contribution in [3.63, 3.8) is 0 Å². The van der Waals surface area contributed by atoms with Crippen molar-refractivity contribution >= 4 is 48.2 Å². The van der Waals surface area contributed by atoms with Crippen molar-refractivity contribution in [1.29, 1.82) is 0 Å². The minimum absolute atomic E-state index is 0.0800. The highest BCUT2D eigenvalue weighted by Crippen LogP contribution is 2.49. The molecule has 4 N–H and O–H groups in total. The molecule has 0 bridgehead atoms. The number of alkyl halides is 2. The fourth-order valence-electron chi connectivity index (χ4n) is 4.09. The summed E-state index contributed by atoms with van der Waals surface area (Å²) in [5.41, 5.74) is 4.45. The summed E-state index contributed by atoms with van der Waals surface area (Å²) in [4.78, 5) is 26.3. The van der Waals surface area contributed by atoms with E-state index in [9.17, 15) is 14.5 Å². The first-order chi connectivity index (χ1) is 18.9. The van der Waals surface area contributed by atoms with Crippen LogP contribution in [0.15, 0.2) is 36.7 Å². The number of halogens is 2. The summed E-state index contributed by atoms with van der Waals surface area (Å²) in [6.45, 7) is 0.702. The van der Waals surface area contributed by atoms with E-state index in [4.69, 9.17) is 31.1 Å². The molecule has 0 saturated carbocycles. The minimum Gasteiger partial charge on any atom is -0.468 e. The molecule has 1 saturated heterocycles. The second-order valence-corrected chi connectivity index (χ2v) is 11.2. The lowest BCUT2D eigenvalue weighted by molar-refractivity contribution is -0.142. The van der Waals surface area contributed by atoms with Gasteiger partial charge in [0.2, 0.25) is 5.95 Å². The van der Waals surface area contributed by atoms with Gasteiger partial charge in [-0.1, -0.05) is 18.2 Å². The van der Waals surface area contributed by atoms with Crippen LogP contribution in [0, 0.1) is 0 Å². The number of aromatic nitrogens is 4. The number of nitrogens with zero attached hydrogens (tertiary/aromatic N) is 5. The second-order valence-electron chi connectivity index (χ2n) is 9.27. The highest BCUT2D eigenvalue weighted by Gasteiger charge is 2.57. The molecule has 3 aromatic rings. The SMILES string of the molecule is COC(=O)[C@H](C)N[P@](=O)(OC[C@@]1(CCl)O[C@@H](n2cnc3c(N(C)C)nc(N)nc32)[C@H](F)[C@@H]1O)Oc1ccccc1. The van der Waals surface area contributed by atoms with E-state index in [1.807, 2.05) is 0 Å². The highest BCUT2D eigenvalue weighted by molar-refractivity contribution is 7.52. The van der Waals surface area contributed by atoms with E-state index in [1.165, 1.54) is 30.0 Å². The Morgan fingerprint density at radius 1 is 1.38 bits per heavy atom. The number of hydrogen-bond donors (Lipinski definition) is 3. The van der Waals surface area contributed by atoms with Crippen LogP contribution >= 0.6 is 19.3 Å². The summed E-state index contributed by atoms with van der Waals surface area (Å²) in [7, 11) is 0.279. The highest BCUT2D eigenvalue weighted by atomic mass is 35.5. The largest absolute Gasteiger partial charge is 0.468 e. The van der Waals surface area contributed by atoms with Crippen LogP contribution in [0.25, 0.3) is 11.2 Å². The van der Waals surface area contributed by atoms with E-state index in [1.54, 1.807) is 37.2 Å². The number of aliphatic hydroxyl groups is 1. The molecule has 0 spiro atoms. The van der Waals surface area contributed by atoms with Gasteiger partial charge >= 0.3 is 13.7 Å². The number of benzene rings is 1. The van der Waals surface area contributed by atoms with Crippen molar-refractivity contribution in [3.8, 4) is 5.75 Å². The van der Waals surface area contributed by atoms with Gasteiger partial charge in [-0.25, -0.2) is 13.9 Å². The zero-order valence-electron chi connectivity index (χ0n) is 22.1. The minimum atomic E-state index is -4.35. The second kappa shape index (κ2) is 11.8. The Labute approximate surface area is 234 Å². The molecule has 0 radical (unpaired) electrons. The molecule has 1 aromatic carbocycles. The molecule has 14 nitrogen and oxygen atoms in total. The van der Waals surface area contributed by atoms with E-state index in [0.29, 0.717) is 11.3 Å². The van der Waals surface area contributed by atoms with E-state index < -0.39 is 56.3 Å². The number of fused-ring (bicyclic) bond motifs is 1. The lowest BCUT2D eigenvalue weighted by Crippen LogP contribution is -2.48. The van der Waals surface area contributed by atoms with Crippen LogP contribution in [-0.4, -0.2) is 88.2 Å². The third kappa shape index (κ3) is 5.85. The Hall–Kier alpha value is -3.07. The van der Waals surface area contributed by atoms with Crippen molar-refractivity contribution in [3.05, 3.63) is 36.7 Å². The molecule has 0 amide bonds. The van der Waals surface area contributed by atoms with Crippen molar-refractivity contribution < 1.29 is 37.4 Å². The number of anilines is 2. The van der Waals surface area contributed by atoms with Crippen LogP contribution in [-0.2, 0) is 23.4 Å². The summed E-state index contributed by atoms with van der Waals surface area (Å²) < 4.78 is 52.5. The molecule has 4 rings (SSSR count). The Morgan fingerprint density at radius 3 is 2.70 bits per heavy atom. The molecular formula is C23H30ClFN7O7P. The van der Waals surface area contributed by atoms with Gasteiger partial charge in [-0.3, -0.25) is 13.9 Å². The molecule has 2 aromatic heterocycles. The standard InChI is InChI=1S/C23H30ClFN7O7P/c1-13(21(34)36-4)30-40(35,39-14-8-6-5-7-9-14)37-11-23(10-24)17(33)15(25)20(38-23)32-12-27-16-18(31(2)3)28-22(26)29-19(16)32/h5-9,12-13,15,17,20,33H,10-11H2,1-4H3,(H,30,35)(H2,26,28,29)/t13-,15+,17-,20+,23+,40-/m0/s1. The zero-order valence-corrected chi connectivity index (χ0v) is 23.8. The summed E-state index contributed by atoms with van der Waals surface area (Å²) in [5.74, 6) is -0.729. The molecule has 1 aliphatic heterocycles. The normalized spacial score (nSPS) is 24.9. The topological polar surface area (TPSA) is 176 Å². The van der Waals surface area contributed by atoms with E-state index in [2.05, 4.69) is 24.8 Å². The molecule has 3 heterocycles. The summed E-state index contributed by atoms with van der Waals surface area (Å²) in [6, 6.07) is 6.92. The van der Waals surface area contributed by atoms with Crippen LogP contribution in [0.3, 0.4) is 0 Å². The number of hydrogen-bond acceptors (Lipinski definition) is 12. The fourth-order valence-corrected chi connectivity index (χ4v) is 5.93. The Bertz CT molecular complexity index is 1400. The number of nitrogens with one attached hydrogen (secondary N) is 1. The van der Waals surface area contributed by atoms with Gasteiger partial charge in [0.1, 0.15) is 23.5 Å². The number of imidazole rings is 1. The number of ether oxygens (including phenoxy) is 2. The molecule has 0 aliphatic carbocycles. The number of esters is 1. The Kier molecular flexibility index (Phi) is 8.83. The van der Waals surface area contributed by atoms with Crippen molar-refractivity contribution in [1.82, 2.24) is 24.6 Å². The first-order valence-electron chi connectivity index (χ1n) is 12.0. The third-order valence-corrected chi connectivity index (χ3v) is 8.24. The summed E-state index contributed by atoms with van der Waals surface area (Å²) in [5, 5.41) is 13.4. The number of methoxy groups -OCH3 is 1. The quantitative estimate of drug-likeness (QED) is 0.165. The van der Waals surface area contributed by atoms with Gasteiger partial charge in [0.05, 0.1) is 25.9 Å². The average molecular weight is 602 g/mol. The van der Waals surface area contributed by atoms with E-state index in [0.717, 1.165) is 7.11 Å². The van der Waals surface area contributed by atoms with Gasteiger partial charge in [-0.2, -0.15) is 15.1 Å². The predicted molar refractivity (Wildman–Crippen MR) is 144 cm³/mol. The number of carbonyl (C=O) groups is 1. The molecular weight excluding hydrogens is 572 g/mol. The number of aliphatic hydroxyl groups excluding tert-OH is 1. The molecule has 0 unspecified atom stereocenters. The van der Waals surface area contributed by atoms with Gasteiger partial charge in [0.15, 0.2) is 29.4 Å². The maximum atomic E-state index is 15.6. The number of rotatable bonds is 11.